The Morgan fingerprint density at radius 3 is 0.760 bits per heavy atom. The molecule has 0 saturated carbocycles. The Morgan fingerprint density at radius 1 is 0.209 bits per heavy atom. The van der Waals surface area contributed by atoms with Crippen LogP contribution in [-0.4, -0.2) is 136 Å². The van der Waals surface area contributed by atoms with Gasteiger partial charge in [-0.2, -0.15) is 40.2 Å². The number of tetrazole rings is 2. The fourth-order valence-corrected chi connectivity index (χ4v) is 10.0. The summed E-state index contributed by atoms with van der Waals surface area (Å²) in [5, 5.41) is 56.5. The number of nitrogens with zero attached hydrogens (tertiary/aromatic N) is 27. The molecule has 11 rings (SSSR count). The molecule has 11 heterocycles. The molecular formula is C102H171N27. The number of hydrogen-bond acceptors (Lipinski definition) is 24. The summed E-state index contributed by atoms with van der Waals surface area (Å²) in [6.07, 6.45) is 18.5. The van der Waals surface area contributed by atoms with Gasteiger partial charge < -0.3 is 0 Å². The zero-order valence-electron chi connectivity index (χ0n) is 88.1. The smallest absolute Gasteiger partial charge is 0.177 e. The normalized spacial score (nSPS) is 11.2. The van der Waals surface area contributed by atoms with E-state index in [0.29, 0.717) is 131 Å². The van der Waals surface area contributed by atoms with E-state index >= 15 is 0 Å². The summed E-state index contributed by atoms with van der Waals surface area (Å²) >= 11 is 0. The van der Waals surface area contributed by atoms with Crippen molar-refractivity contribution in [2.45, 2.75) is 435 Å². The minimum absolute atomic E-state index is 0.301. The molecule has 11 aromatic heterocycles. The van der Waals surface area contributed by atoms with Crippen LogP contribution in [0.25, 0.3) is 0 Å². The molecule has 0 aliphatic heterocycles. The van der Waals surface area contributed by atoms with Gasteiger partial charge in [-0.1, -0.05) is 268 Å². The molecule has 0 fully saturated rings. The van der Waals surface area contributed by atoms with Gasteiger partial charge in [0.25, 0.3) is 0 Å². The van der Waals surface area contributed by atoms with Crippen LogP contribution in [0, 0.1) is 0 Å². The summed E-state index contributed by atoms with van der Waals surface area (Å²) in [6.45, 7) is 93.1. The minimum atomic E-state index is 0.301. The van der Waals surface area contributed by atoms with Crippen LogP contribution < -0.4 is 0 Å². The van der Waals surface area contributed by atoms with Crippen molar-refractivity contribution in [3.8, 4) is 0 Å². The summed E-state index contributed by atoms with van der Waals surface area (Å²) < 4.78 is 1.88. The molecule has 0 aliphatic carbocycles. The summed E-state index contributed by atoms with van der Waals surface area (Å²) in [5.41, 5.74) is 16.8. The average molecular weight is 1780 g/mol. The molecule has 0 bridgehead atoms. The second-order valence-electron chi connectivity index (χ2n) is 39.3. The standard InChI is InChI=1S/8C10H16N2.C8H15N3.2C7H14N4/c1-7(2)9-5-12-10(6-11-9)8(3)4;1-7(2)9-5-11-6-10(12-9)8(3)4;1-7(2)9-5-10(8(3)4)12-6-11-9;2*1-7(2)9-5-10(8(3)4)12-11-6-9;2*1-7(2)9-5-6-11-10(12-9)8(3)4;1-7(2)9-5-6-10(8(3)4)12-11-9;1-6(2)8-5-11(7(3)4)10-9-8;2*1-5(2)7-8-10-11(9-7)6(3)4/h8*5-8H,1-4H3;5-7H,1-4H3;2*5-6H,1-4H3. The van der Waals surface area contributed by atoms with Crippen molar-refractivity contribution < 1.29 is 0 Å². The lowest BCUT2D eigenvalue weighted by Crippen LogP contribution is -2.05. The van der Waals surface area contributed by atoms with Crippen LogP contribution in [0.3, 0.4) is 0 Å². The SMILES string of the molecule is CC(C)c1cc(C(C)C)ncn1.CC(C)c1ccc(C(C)C)nn1.CC(C)c1ccnc(C(C)C)n1.CC(C)c1ccnc(C(C)C)n1.CC(C)c1cn(C(C)C)nn1.CC(C)c1cnc(C(C)C)cn1.CC(C)c1cncc(C(C)C)n1.CC(C)c1cnnc(C(C)C)c1.CC(C)c1cnnc(C(C)C)c1.CC(C)c1nnn(C(C)C)n1.CC(C)c1nnn(C(C)C)n1. The second-order valence-corrected chi connectivity index (χ2v) is 39.3. The Kier molecular flexibility index (Phi) is 55.0. The van der Waals surface area contributed by atoms with E-state index in [2.05, 4.69) is 429 Å². The highest BCUT2D eigenvalue weighted by atomic mass is 15.6. The average Bonchev–Trinajstić information content (AvgIpc) is 1.74. The van der Waals surface area contributed by atoms with E-state index in [1.54, 1.807) is 15.9 Å². The molecule has 0 radical (unpaired) electrons. The van der Waals surface area contributed by atoms with E-state index in [9.17, 15) is 0 Å². The number of rotatable bonds is 22. The molecule has 129 heavy (non-hydrogen) atoms. The summed E-state index contributed by atoms with van der Waals surface area (Å²) in [5.74, 6) is 12.4. The van der Waals surface area contributed by atoms with E-state index < -0.39 is 0 Å². The number of aromatic nitrogens is 27. The van der Waals surface area contributed by atoms with Gasteiger partial charge in [-0.05, 0) is 194 Å². The zero-order chi connectivity index (χ0) is 98.4. The lowest BCUT2D eigenvalue weighted by atomic mass is 10.0. The predicted octanol–water partition coefficient (Wildman–Crippen LogP) is 26.5. The third-order valence-corrected chi connectivity index (χ3v) is 19.5. The molecule has 0 aromatic carbocycles. The van der Waals surface area contributed by atoms with Crippen LogP contribution >= 0.6 is 0 Å². The first-order valence-corrected chi connectivity index (χ1v) is 47.3. The van der Waals surface area contributed by atoms with E-state index in [0.717, 1.165) is 97.3 Å². The Labute approximate surface area is 779 Å². The lowest BCUT2D eigenvalue weighted by molar-refractivity contribution is 0.452. The van der Waals surface area contributed by atoms with Crippen molar-refractivity contribution >= 4 is 0 Å². The fourth-order valence-electron chi connectivity index (χ4n) is 10.0. The van der Waals surface area contributed by atoms with Gasteiger partial charge >= 0.3 is 0 Å². The molecule has 27 heteroatoms. The zero-order valence-corrected chi connectivity index (χ0v) is 88.1. The number of hydrogen-bond donors (Lipinski definition) is 0. The molecule has 0 atom stereocenters. The molecule has 11 aromatic rings. The highest BCUT2D eigenvalue weighted by Gasteiger charge is 2.15. The Morgan fingerprint density at radius 2 is 0.527 bits per heavy atom. The Bertz CT molecular complexity index is 3870. The highest BCUT2D eigenvalue weighted by Crippen LogP contribution is 2.24. The van der Waals surface area contributed by atoms with Crippen LogP contribution in [0.2, 0.25) is 0 Å². The van der Waals surface area contributed by atoms with Crippen molar-refractivity contribution in [3.05, 3.63) is 213 Å². The van der Waals surface area contributed by atoms with Crippen molar-refractivity contribution in [2.24, 2.45) is 0 Å². The molecule has 0 N–H and O–H groups in total. The van der Waals surface area contributed by atoms with Gasteiger partial charge in [0.1, 0.15) is 18.0 Å². The monoisotopic (exact) mass is 1770 g/mol. The summed E-state index contributed by atoms with van der Waals surface area (Å²) in [4.78, 5) is 46.4. The first-order chi connectivity index (χ1) is 60.2. The van der Waals surface area contributed by atoms with Gasteiger partial charge in [0.05, 0.1) is 75.7 Å². The van der Waals surface area contributed by atoms with Crippen LogP contribution in [0.1, 0.15) is 544 Å². The second kappa shape index (κ2) is 60.7. The first kappa shape index (κ1) is 117. The molecule has 0 aliphatic rings. The van der Waals surface area contributed by atoms with Crippen LogP contribution in [0.15, 0.2) is 105 Å². The third-order valence-electron chi connectivity index (χ3n) is 19.5. The molecular weight excluding hydrogens is 1600 g/mol. The molecule has 0 unspecified atom stereocenters. The van der Waals surface area contributed by atoms with Crippen molar-refractivity contribution in [2.75, 3.05) is 0 Å². The summed E-state index contributed by atoms with van der Waals surface area (Å²) in [7, 11) is 0. The van der Waals surface area contributed by atoms with Gasteiger partial charge in [0, 0.05) is 95.9 Å². The topological polar surface area (TPSA) is 324 Å². The van der Waals surface area contributed by atoms with Crippen LogP contribution in [-0.2, 0) is 0 Å². The fraction of sp³-hybridized carbons (Fsp3) is 0.647. The maximum atomic E-state index is 4.51. The highest BCUT2D eigenvalue weighted by molar-refractivity contribution is 5.20. The lowest BCUT2D eigenvalue weighted by Gasteiger charge is -2.07. The first-order valence-electron chi connectivity index (χ1n) is 47.3. The van der Waals surface area contributed by atoms with Crippen LogP contribution in [0.5, 0.6) is 0 Å². The molecule has 714 valence electrons. The third kappa shape index (κ3) is 46.3. The van der Waals surface area contributed by atoms with Crippen LogP contribution in [0.4, 0.5) is 0 Å². The molecule has 0 amide bonds. The summed E-state index contributed by atoms with van der Waals surface area (Å²) in [6, 6.07) is 15.5. The Hall–Kier alpha value is -10.1. The van der Waals surface area contributed by atoms with Gasteiger partial charge in [-0.15, -0.1) is 25.5 Å². The predicted molar refractivity (Wildman–Crippen MR) is 531 cm³/mol. The molecule has 0 saturated heterocycles. The van der Waals surface area contributed by atoms with Crippen molar-refractivity contribution in [1.29, 1.82) is 0 Å². The Balaban J connectivity index is 0.000000710. The molecule has 0 spiro atoms. The van der Waals surface area contributed by atoms with E-state index in [-0.39, 0.29) is 0 Å². The van der Waals surface area contributed by atoms with Gasteiger partial charge in [-0.3, -0.25) is 19.9 Å². The van der Waals surface area contributed by atoms with E-state index in [1.165, 1.54) is 11.1 Å². The quantitative estimate of drug-likeness (QED) is 0.0608. The van der Waals surface area contributed by atoms with E-state index in [4.69, 9.17) is 0 Å². The molecule has 27 nitrogen and oxygen atoms in total. The van der Waals surface area contributed by atoms with Gasteiger partial charge in [0.15, 0.2) is 11.6 Å². The van der Waals surface area contributed by atoms with Crippen molar-refractivity contribution in [1.82, 2.24) is 136 Å². The maximum absolute atomic E-state index is 4.51. The van der Waals surface area contributed by atoms with Crippen molar-refractivity contribution in [3.63, 3.8) is 0 Å². The van der Waals surface area contributed by atoms with Gasteiger partial charge in [0.2, 0.25) is 0 Å². The van der Waals surface area contributed by atoms with Gasteiger partial charge in [-0.25, -0.2) is 34.6 Å². The van der Waals surface area contributed by atoms with E-state index in [1.807, 2.05) is 100 Å². The maximum Gasteiger partial charge on any atom is 0.177 e. The minimum Gasteiger partial charge on any atom is -0.261 e. The largest absolute Gasteiger partial charge is 0.261 e.